The topological polar surface area (TPSA) is 74.0 Å². The third kappa shape index (κ3) is 2.94. The third-order valence-corrected chi connectivity index (χ3v) is 3.19. The standard InChI is InChI=1S/C12H17N3O2/c1-8-4-5-13-7-10(8)15-12(17)9-2-3-11(16)14-6-9/h2-3,6,8,10,13H,4-5,7H2,1H3,(H,14,16)(H,15,17). The van der Waals surface area contributed by atoms with Gasteiger partial charge < -0.3 is 15.6 Å². The van der Waals surface area contributed by atoms with Crippen LogP contribution in [-0.2, 0) is 0 Å². The van der Waals surface area contributed by atoms with Gasteiger partial charge in [0.2, 0.25) is 5.56 Å². The minimum atomic E-state index is -0.200. The molecule has 2 heterocycles. The summed E-state index contributed by atoms with van der Waals surface area (Å²) in [5.41, 5.74) is 0.289. The second-order valence-corrected chi connectivity index (χ2v) is 4.49. The van der Waals surface area contributed by atoms with Gasteiger partial charge in [-0.15, -0.1) is 0 Å². The molecule has 0 radical (unpaired) electrons. The van der Waals surface area contributed by atoms with E-state index < -0.39 is 0 Å². The Balaban J connectivity index is 2.01. The number of H-pyrrole nitrogens is 1. The molecule has 17 heavy (non-hydrogen) atoms. The van der Waals surface area contributed by atoms with E-state index in [1.807, 2.05) is 0 Å². The van der Waals surface area contributed by atoms with Crippen LogP contribution in [0.2, 0.25) is 0 Å². The summed E-state index contributed by atoms with van der Waals surface area (Å²) in [7, 11) is 0. The summed E-state index contributed by atoms with van der Waals surface area (Å²) >= 11 is 0. The number of hydrogen-bond acceptors (Lipinski definition) is 3. The molecule has 1 fully saturated rings. The maximum absolute atomic E-state index is 11.9. The molecule has 0 saturated carbocycles. The number of aromatic nitrogens is 1. The molecular weight excluding hydrogens is 218 g/mol. The summed E-state index contributed by atoms with van der Waals surface area (Å²) in [4.78, 5) is 25.3. The quantitative estimate of drug-likeness (QED) is 0.681. The van der Waals surface area contributed by atoms with Crippen LogP contribution in [-0.4, -0.2) is 30.0 Å². The molecule has 1 aromatic rings. The van der Waals surface area contributed by atoms with Crippen LogP contribution in [0, 0.1) is 5.92 Å². The van der Waals surface area contributed by atoms with Crippen LogP contribution in [0.3, 0.4) is 0 Å². The van der Waals surface area contributed by atoms with Crippen molar-refractivity contribution in [2.24, 2.45) is 5.92 Å². The highest BCUT2D eigenvalue weighted by Crippen LogP contribution is 2.11. The van der Waals surface area contributed by atoms with E-state index in [0.29, 0.717) is 11.5 Å². The van der Waals surface area contributed by atoms with Gasteiger partial charge in [0.05, 0.1) is 5.56 Å². The normalized spacial score (nSPS) is 24.3. The Morgan fingerprint density at radius 3 is 2.94 bits per heavy atom. The number of hydrogen-bond donors (Lipinski definition) is 3. The molecule has 2 rings (SSSR count). The predicted molar refractivity (Wildman–Crippen MR) is 65.0 cm³/mol. The number of piperidine rings is 1. The Morgan fingerprint density at radius 2 is 2.29 bits per heavy atom. The Bertz CT molecular complexity index is 435. The molecule has 0 aliphatic carbocycles. The first-order chi connectivity index (χ1) is 8.16. The lowest BCUT2D eigenvalue weighted by atomic mass is 9.94. The molecule has 5 heteroatoms. The molecule has 0 bridgehead atoms. The van der Waals surface area contributed by atoms with Crippen LogP contribution >= 0.6 is 0 Å². The fraction of sp³-hybridized carbons (Fsp3) is 0.500. The number of nitrogens with one attached hydrogen (secondary N) is 3. The predicted octanol–water partition coefficient (Wildman–Crippen LogP) is 0.103. The van der Waals surface area contributed by atoms with Gasteiger partial charge in [-0.1, -0.05) is 6.92 Å². The fourth-order valence-electron chi connectivity index (χ4n) is 1.99. The average molecular weight is 235 g/mol. The molecule has 5 nitrogen and oxygen atoms in total. The smallest absolute Gasteiger partial charge is 0.253 e. The lowest BCUT2D eigenvalue weighted by Crippen LogP contribution is -2.50. The largest absolute Gasteiger partial charge is 0.348 e. The molecule has 1 saturated heterocycles. The van der Waals surface area contributed by atoms with Crippen molar-refractivity contribution in [1.29, 1.82) is 0 Å². The van der Waals surface area contributed by atoms with E-state index in [1.54, 1.807) is 0 Å². The average Bonchev–Trinajstić information content (AvgIpc) is 2.33. The van der Waals surface area contributed by atoms with Gasteiger partial charge in [-0.2, -0.15) is 0 Å². The highest BCUT2D eigenvalue weighted by molar-refractivity contribution is 5.94. The molecule has 0 aromatic carbocycles. The lowest BCUT2D eigenvalue weighted by Gasteiger charge is -2.30. The summed E-state index contributed by atoms with van der Waals surface area (Å²) in [6.07, 6.45) is 2.51. The minimum absolute atomic E-state index is 0.137. The van der Waals surface area contributed by atoms with Crippen molar-refractivity contribution >= 4 is 5.91 Å². The van der Waals surface area contributed by atoms with Crippen molar-refractivity contribution in [3.05, 3.63) is 34.2 Å². The van der Waals surface area contributed by atoms with Gasteiger partial charge in [0.25, 0.3) is 5.91 Å². The molecule has 1 amide bonds. The summed E-state index contributed by atoms with van der Waals surface area (Å²) in [5, 5.41) is 6.24. The maximum Gasteiger partial charge on any atom is 0.253 e. The Morgan fingerprint density at radius 1 is 1.47 bits per heavy atom. The van der Waals surface area contributed by atoms with Gasteiger partial charge in [-0.3, -0.25) is 9.59 Å². The summed E-state index contributed by atoms with van der Waals surface area (Å²) < 4.78 is 0. The first-order valence-electron chi connectivity index (χ1n) is 5.87. The van der Waals surface area contributed by atoms with Gasteiger partial charge in [-0.05, 0) is 24.9 Å². The van der Waals surface area contributed by atoms with Crippen LogP contribution < -0.4 is 16.2 Å². The van der Waals surface area contributed by atoms with Gasteiger partial charge in [0.15, 0.2) is 0 Å². The molecule has 2 atom stereocenters. The van der Waals surface area contributed by atoms with Crippen LogP contribution in [0.1, 0.15) is 23.7 Å². The Hall–Kier alpha value is -1.62. The number of aromatic amines is 1. The molecule has 1 aliphatic heterocycles. The SMILES string of the molecule is CC1CCNCC1NC(=O)c1ccc(=O)[nH]c1. The van der Waals surface area contributed by atoms with E-state index in [-0.39, 0.29) is 17.5 Å². The van der Waals surface area contributed by atoms with Crippen LogP contribution in [0.4, 0.5) is 0 Å². The van der Waals surface area contributed by atoms with Gasteiger partial charge in [0.1, 0.15) is 0 Å². The number of carbonyl (C=O) groups is 1. The van der Waals surface area contributed by atoms with E-state index in [9.17, 15) is 9.59 Å². The van der Waals surface area contributed by atoms with Crippen LogP contribution in [0.15, 0.2) is 23.1 Å². The van der Waals surface area contributed by atoms with E-state index in [2.05, 4.69) is 22.5 Å². The summed E-state index contributed by atoms with van der Waals surface area (Å²) in [5.74, 6) is 0.338. The van der Waals surface area contributed by atoms with E-state index in [1.165, 1.54) is 18.3 Å². The number of rotatable bonds is 2. The first-order valence-corrected chi connectivity index (χ1v) is 5.87. The molecule has 0 spiro atoms. The zero-order chi connectivity index (χ0) is 12.3. The van der Waals surface area contributed by atoms with Crippen molar-refractivity contribution in [2.45, 2.75) is 19.4 Å². The Labute approximate surface area is 99.6 Å². The van der Waals surface area contributed by atoms with Gasteiger partial charge in [0, 0.05) is 24.8 Å². The zero-order valence-corrected chi connectivity index (χ0v) is 9.82. The zero-order valence-electron chi connectivity index (χ0n) is 9.82. The van der Waals surface area contributed by atoms with Gasteiger partial charge in [-0.25, -0.2) is 0 Å². The first kappa shape index (κ1) is 11.9. The lowest BCUT2D eigenvalue weighted by molar-refractivity contribution is 0.0915. The van der Waals surface area contributed by atoms with E-state index in [0.717, 1.165) is 19.5 Å². The van der Waals surface area contributed by atoms with Crippen molar-refractivity contribution in [3.63, 3.8) is 0 Å². The van der Waals surface area contributed by atoms with E-state index in [4.69, 9.17) is 0 Å². The number of pyridine rings is 1. The van der Waals surface area contributed by atoms with E-state index >= 15 is 0 Å². The number of carbonyl (C=O) groups excluding carboxylic acids is 1. The monoisotopic (exact) mass is 235 g/mol. The molecular formula is C12H17N3O2. The molecule has 2 unspecified atom stereocenters. The molecule has 92 valence electrons. The van der Waals surface area contributed by atoms with Crippen LogP contribution in [0.5, 0.6) is 0 Å². The Kier molecular flexibility index (Phi) is 3.58. The third-order valence-electron chi connectivity index (χ3n) is 3.19. The summed E-state index contributed by atoms with van der Waals surface area (Å²) in [6, 6.07) is 3.05. The highest BCUT2D eigenvalue weighted by Gasteiger charge is 2.22. The number of amides is 1. The second kappa shape index (κ2) is 5.14. The van der Waals surface area contributed by atoms with Crippen LogP contribution in [0.25, 0.3) is 0 Å². The summed E-state index contributed by atoms with van der Waals surface area (Å²) in [6.45, 7) is 3.95. The van der Waals surface area contributed by atoms with Crippen molar-refractivity contribution in [2.75, 3.05) is 13.1 Å². The molecule has 3 N–H and O–H groups in total. The van der Waals surface area contributed by atoms with Gasteiger partial charge >= 0.3 is 0 Å². The maximum atomic E-state index is 11.9. The highest BCUT2D eigenvalue weighted by atomic mass is 16.2. The second-order valence-electron chi connectivity index (χ2n) is 4.49. The molecule has 1 aliphatic rings. The molecule has 1 aromatic heterocycles. The van der Waals surface area contributed by atoms with Crippen molar-refractivity contribution in [1.82, 2.24) is 15.6 Å². The van der Waals surface area contributed by atoms with Crippen molar-refractivity contribution in [3.8, 4) is 0 Å². The fourth-order valence-corrected chi connectivity index (χ4v) is 1.99. The minimum Gasteiger partial charge on any atom is -0.348 e. The van der Waals surface area contributed by atoms with Crippen molar-refractivity contribution < 1.29 is 4.79 Å².